The molecular weight excluding hydrogens is 306 g/mol. The minimum absolute atomic E-state index is 0.185. The van der Waals surface area contributed by atoms with Gasteiger partial charge in [0.05, 0.1) is 35.9 Å². The lowest BCUT2D eigenvalue weighted by molar-refractivity contribution is 0.102. The van der Waals surface area contributed by atoms with Crippen LogP contribution in [0.5, 0.6) is 0 Å². The predicted molar refractivity (Wildman–Crippen MR) is 89.9 cm³/mol. The summed E-state index contributed by atoms with van der Waals surface area (Å²) in [7, 11) is 1.79. The second-order valence-electron chi connectivity index (χ2n) is 5.75. The van der Waals surface area contributed by atoms with Gasteiger partial charge in [0.1, 0.15) is 0 Å². The molecule has 3 aromatic rings. The van der Waals surface area contributed by atoms with Crippen molar-refractivity contribution >= 4 is 11.6 Å². The molecule has 1 N–H and O–H groups in total. The number of aryl methyl sites for hydroxylation is 3. The zero-order chi connectivity index (χ0) is 17.3. The number of carbonyl (C=O) groups is 1. The Balaban J connectivity index is 1.70. The quantitative estimate of drug-likeness (QED) is 0.774. The Morgan fingerprint density at radius 3 is 2.62 bits per heavy atom. The minimum atomic E-state index is -0.185. The minimum Gasteiger partial charge on any atom is -0.319 e. The number of hydrogen-bond acceptors (Lipinski definition) is 4. The van der Waals surface area contributed by atoms with E-state index in [1.54, 1.807) is 28.8 Å². The molecule has 0 aliphatic carbocycles. The predicted octanol–water partition coefficient (Wildman–Crippen LogP) is 1.75. The zero-order valence-corrected chi connectivity index (χ0v) is 14.3. The normalized spacial score (nSPS) is 11.0. The summed E-state index contributed by atoms with van der Waals surface area (Å²) in [5.74, 6) is -0.185. The summed E-state index contributed by atoms with van der Waals surface area (Å²) in [5.41, 5.74) is 4.16. The third-order valence-electron chi connectivity index (χ3n) is 3.99. The largest absolute Gasteiger partial charge is 0.319 e. The van der Waals surface area contributed by atoms with Gasteiger partial charge in [-0.05, 0) is 20.8 Å². The lowest BCUT2D eigenvalue weighted by Gasteiger charge is -2.03. The van der Waals surface area contributed by atoms with Crippen molar-refractivity contribution < 1.29 is 4.79 Å². The van der Waals surface area contributed by atoms with Crippen molar-refractivity contribution in [2.45, 2.75) is 33.9 Å². The zero-order valence-electron chi connectivity index (χ0n) is 14.3. The van der Waals surface area contributed by atoms with Crippen LogP contribution in [0.3, 0.4) is 0 Å². The maximum atomic E-state index is 12.3. The van der Waals surface area contributed by atoms with Gasteiger partial charge in [0.25, 0.3) is 5.91 Å². The van der Waals surface area contributed by atoms with Crippen molar-refractivity contribution in [2.75, 3.05) is 5.32 Å². The molecule has 0 aliphatic heterocycles. The van der Waals surface area contributed by atoms with Crippen LogP contribution in [-0.2, 0) is 20.1 Å². The van der Waals surface area contributed by atoms with Crippen molar-refractivity contribution in [3.8, 4) is 0 Å². The van der Waals surface area contributed by atoms with E-state index >= 15 is 0 Å². The molecule has 126 valence electrons. The first-order chi connectivity index (χ1) is 11.5. The highest BCUT2D eigenvalue weighted by Gasteiger charge is 2.14. The molecule has 8 nitrogen and oxygen atoms in total. The summed E-state index contributed by atoms with van der Waals surface area (Å²) in [6.07, 6.45) is 7.02. The van der Waals surface area contributed by atoms with E-state index in [-0.39, 0.29) is 5.91 Å². The number of hydrogen-bond donors (Lipinski definition) is 1. The van der Waals surface area contributed by atoms with Gasteiger partial charge in [0, 0.05) is 37.2 Å². The summed E-state index contributed by atoms with van der Waals surface area (Å²) >= 11 is 0. The lowest BCUT2D eigenvalue weighted by Crippen LogP contribution is -2.12. The molecule has 0 radical (unpaired) electrons. The van der Waals surface area contributed by atoms with E-state index in [9.17, 15) is 4.79 Å². The molecule has 0 spiro atoms. The lowest BCUT2D eigenvalue weighted by atomic mass is 10.2. The van der Waals surface area contributed by atoms with E-state index in [2.05, 4.69) is 27.5 Å². The number of anilines is 1. The summed E-state index contributed by atoms with van der Waals surface area (Å²) in [6.45, 7) is 7.38. The molecule has 8 heteroatoms. The molecule has 3 aromatic heterocycles. The Morgan fingerprint density at radius 2 is 2.00 bits per heavy atom. The molecule has 3 heterocycles. The van der Waals surface area contributed by atoms with Crippen LogP contribution in [0, 0.1) is 13.8 Å². The molecule has 1 amide bonds. The monoisotopic (exact) mass is 327 g/mol. The van der Waals surface area contributed by atoms with E-state index < -0.39 is 0 Å². The first-order valence-corrected chi connectivity index (χ1v) is 7.83. The maximum absolute atomic E-state index is 12.3. The van der Waals surface area contributed by atoms with Crippen LogP contribution in [0.2, 0.25) is 0 Å². The van der Waals surface area contributed by atoms with Crippen molar-refractivity contribution in [3.63, 3.8) is 0 Å². The number of amides is 1. The Bertz CT molecular complexity index is 871. The number of nitrogens with one attached hydrogen (secondary N) is 1. The highest BCUT2D eigenvalue weighted by Crippen LogP contribution is 2.13. The SMILES string of the molecule is CCn1ncc(Cn2cc(NC(=O)c3cn(C)nc3C)cn2)c1C. The summed E-state index contributed by atoms with van der Waals surface area (Å²) in [4.78, 5) is 12.3. The highest BCUT2D eigenvalue weighted by molar-refractivity contribution is 6.04. The second-order valence-corrected chi connectivity index (χ2v) is 5.75. The average molecular weight is 327 g/mol. The van der Waals surface area contributed by atoms with E-state index in [0.29, 0.717) is 23.5 Å². The van der Waals surface area contributed by atoms with Crippen LogP contribution in [0.25, 0.3) is 0 Å². The molecule has 0 unspecified atom stereocenters. The first kappa shape index (κ1) is 16.0. The van der Waals surface area contributed by atoms with Crippen LogP contribution in [0.4, 0.5) is 5.69 Å². The Labute approximate surface area is 140 Å². The third-order valence-corrected chi connectivity index (χ3v) is 3.99. The van der Waals surface area contributed by atoms with Crippen LogP contribution in [-0.4, -0.2) is 35.2 Å². The summed E-state index contributed by atoms with van der Waals surface area (Å²) in [5, 5.41) is 15.7. The maximum Gasteiger partial charge on any atom is 0.259 e. The van der Waals surface area contributed by atoms with Gasteiger partial charge in [-0.25, -0.2) is 0 Å². The molecular formula is C16H21N7O. The van der Waals surface area contributed by atoms with Gasteiger partial charge in [0.2, 0.25) is 0 Å². The van der Waals surface area contributed by atoms with Crippen molar-refractivity contribution in [2.24, 2.45) is 7.05 Å². The van der Waals surface area contributed by atoms with Crippen molar-refractivity contribution in [3.05, 3.63) is 47.3 Å². The fourth-order valence-electron chi connectivity index (χ4n) is 2.67. The summed E-state index contributed by atoms with van der Waals surface area (Å²) in [6, 6.07) is 0. The second kappa shape index (κ2) is 6.31. The van der Waals surface area contributed by atoms with Crippen LogP contribution in [0.1, 0.15) is 34.2 Å². The van der Waals surface area contributed by atoms with E-state index in [1.807, 2.05) is 30.9 Å². The molecule has 0 saturated carbocycles. The Morgan fingerprint density at radius 1 is 1.21 bits per heavy atom. The number of aromatic nitrogens is 6. The fraction of sp³-hybridized carbons (Fsp3) is 0.375. The van der Waals surface area contributed by atoms with E-state index in [1.165, 1.54) is 0 Å². The number of carbonyl (C=O) groups excluding carboxylic acids is 1. The molecule has 0 fully saturated rings. The Hall–Kier alpha value is -2.90. The van der Waals surface area contributed by atoms with Crippen LogP contribution >= 0.6 is 0 Å². The van der Waals surface area contributed by atoms with E-state index in [4.69, 9.17) is 0 Å². The average Bonchev–Trinajstić information content (AvgIpc) is 3.21. The van der Waals surface area contributed by atoms with Crippen molar-refractivity contribution in [1.29, 1.82) is 0 Å². The smallest absolute Gasteiger partial charge is 0.259 e. The first-order valence-electron chi connectivity index (χ1n) is 7.83. The van der Waals surface area contributed by atoms with Crippen LogP contribution < -0.4 is 5.32 Å². The molecule has 0 aliphatic rings. The molecule has 0 atom stereocenters. The third kappa shape index (κ3) is 3.08. The molecule has 3 rings (SSSR count). The molecule has 24 heavy (non-hydrogen) atoms. The van der Waals surface area contributed by atoms with Gasteiger partial charge in [-0.2, -0.15) is 15.3 Å². The number of nitrogens with zero attached hydrogens (tertiary/aromatic N) is 6. The number of rotatable bonds is 5. The van der Waals surface area contributed by atoms with Crippen molar-refractivity contribution in [1.82, 2.24) is 29.3 Å². The highest BCUT2D eigenvalue weighted by atomic mass is 16.1. The van der Waals surface area contributed by atoms with Gasteiger partial charge in [-0.15, -0.1) is 0 Å². The fourth-order valence-corrected chi connectivity index (χ4v) is 2.67. The Kier molecular flexibility index (Phi) is 4.20. The summed E-state index contributed by atoms with van der Waals surface area (Å²) < 4.78 is 5.37. The van der Waals surface area contributed by atoms with Crippen LogP contribution in [0.15, 0.2) is 24.8 Å². The molecule has 0 aromatic carbocycles. The van der Waals surface area contributed by atoms with Gasteiger partial charge in [-0.3, -0.25) is 18.8 Å². The topological polar surface area (TPSA) is 82.6 Å². The van der Waals surface area contributed by atoms with Gasteiger partial charge >= 0.3 is 0 Å². The van der Waals surface area contributed by atoms with Gasteiger partial charge in [-0.1, -0.05) is 0 Å². The van der Waals surface area contributed by atoms with Gasteiger partial charge in [0.15, 0.2) is 0 Å². The molecule has 0 bridgehead atoms. The van der Waals surface area contributed by atoms with Gasteiger partial charge < -0.3 is 5.32 Å². The molecule has 0 saturated heterocycles. The standard InChI is InChI=1S/C16H21N7O/c1-5-23-12(3)13(6-18-23)8-22-9-14(7-17-22)19-16(24)15-10-21(4)20-11(15)2/h6-7,9-10H,5,8H2,1-4H3,(H,19,24). The van der Waals surface area contributed by atoms with E-state index in [0.717, 1.165) is 17.8 Å².